The number of hydrogen-bond donors (Lipinski definition) is 2. The summed E-state index contributed by atoms with van der Waals surface area (Å²) in [5, 5.41) is 5.40. The number of likely N-dealkylation sites (N-methyl/N-ethyl adjacent to an activating group) is 1. The Bertz CT molecular complexity index is 686. The van der Waals surface area contributed by atoms with E-state index >= 15 is 0 Å². The summed E-state index contributed by atoms with van der Waals surface area (Å²) in [6, 6.07) is 5.55. The number of aryl methyl sites for hydroxylation is 1. The molecule has 0 saturated heterocycles. The van der Waals surface area contributed by atoms with Crippen LogP contribution in [0.25, 0.3) is 0 Å². The topological polar surface area (TPSA) is 87.7 Å². The zero-order valence-electron chi connectivity index (χ0n) is 16.5. The van der Waals surface area contributed by atoms with Crippen LogP contribution in [-0.4, -0.2) is 48.5 Å². The van der Waals surface area contributed by atoms with E-state index in [1.807, 2.05) is 25.1 Å². The second-order valence-electron chi connectivity index (χ2n) is 7.29. The molecule has 0 fully saturated rings. The lowest BCUT2D eigenvalue weighted by atomic mass is 10.2. The Morgan fingerprint density at radius 3 is 2.48 bits per heavy atom. The number of nitrogens with one attached hydrogen (secondary N) is 2. The Balaban J connectivity index is 2.33. The van der Waals surface area contributed by atoms with E-state index in [-0.39, 0.29) is 24.8 Å². The summed E-state index contributed by atoms with van der Waals surface area (Å²) in [7, 11) is 1.58. The normalized spacial score (nSPS) is 10.9. The number of rotatable bonds is 7. The van der Waals surface area contributed by atoms with Gasteiger partial charge in [0.05, 0.1) is 6.54 Å². The van der Waals surface area contributed by atoms with E-state index in [1.54, 1.807) is 27.8 Å². The number of alkyl carbamates (subject to hydrolysis) is 1. The maximum absolute atomic E-state index is 12.1. The predicted octanol–water partition coefficient (Wildman–Crippen LogP) is 3.46. The highest BCUT2D eigenvalue weighted by molar-refractivity contribution is 9.10. The van der Waals surface area contributed by atoms with Crippen molar-refractivity contribution in [2.24, 2.45) is 0 Å². The number of carbonyl (C=O) groups excluding carboxylic acids is 3. The lowest BCUT2D eigenvalue weighted by molar-refractivity contribution is -0.133. The van der Waals surface area contributed by atoms with Gasteiger partial charge in [-0.3, -0.25) is 9.59 Å². The first-order valence-electron chi connectivity index (χ1n) is 8.75. The summed E-state index contributed by atoms with van der Waals surface area (Å²) < 4.78 is 6.05. The van der Waals surface area contributed by atoms with Crippen LogP contribution in [0.3, 0.4) is 0 Å². The van der Waals surface area contributed by atoms with Gasteiger partial charge in [-0.25, -0.2) is 4.79 Å². The molecule has 0 heterocycles. The molecule has 0 radical (unpaired) electrons. The van der Waals surface area contributed by atoms with Gasteiger partial charge in [0.15, 0.2) is 0 Å². The van der Waals surface area contributed by atoms with E-state index in [9.17, 15) is 14.4 Å². The highest BCUT2D eigenvalue weighted by atomic mass is 79.9. The molecular weight excluding hydrogens is 414 g/mol. The maximum atomic E-state index is 12.1. The van der Waals surface area contributed by atoms with Crippen molar-refractivity contribution in [1.82, 2.24) is 10.2 Å². The van der Waals surface area contributed by atoms with Crippen LogP contribution in [0.1, 0.15) is 39.2 Å². The summed E-state index contributed by atoms with van der Waals surface area (Å²) in [5.41, 5.74) is 1.09. The standard InChI is InChI=1S/C19H28BrN3O4/c1-13-11-14(20)8-9-15(13)22-16(24)12-23(5)17(25)7-6-10-21-18(26)27-19(2,3)4/h8-9,11H,6-7,10,12H2,1-5H3,(H,21,26)(H,22,24). The molecule has 7 nitrogen and oxygen atoms in total. The first-order valence-corrected chi connectivity index (χ1v) is 9.54. The lowest BCUT2D eigenvalue weighted by Crippen LogP contribution is -2.36. The van der Waals surface area contributed by atoms with Crippen molar-refractivity contribution in [2.45, 2.75) is 46.1 Å². The number of anilines is 1. The molecule has 0 atom stereocenters. The zero-order valence-corrected chi connectivity index (χ0v) is 18.1. The highest BCUT2D eigenvalue weighted by Gasteiger charge is 2.16. The fraction of sp³-hybridized carbons (Fsp3) is 0.526. The molecule has 2 N–H and O–H groups in total. The minimum atomic E-state index is -0.555. The first kappa shape index (κ1) is 23.0. The molecule has 0 bridgehead atoms. The van der Waals surface area contributed by atoms with Crippen LogP contribution in [0.4, 0.5) is 10.5 Å². The Morgan fingerprint density at radius 2 is 1.89 bits per heavy atom. The molecule has 0 aliphatic rings. The molecule has 1 rings (SSSR count). The number of ether oxygens (including phenoxy) is 1. The average molecular weight is 442 g/mol. The Morgan fingerprint density at radius 1 is 1.22 bits per heavy atom. The van der Waals surface area contributed by atoms with Crippen LogP contribution in [0, 0.1) is 6.92 Å². The number of nitrogens with zero attached hydrogens (tertiary/aromatic N) is 1. The maximum Gasteiger partial charge on any atom is 0.407 e. The third-order valence-corrected chi connectivity index (χ3v) is 4.00. The van der Waals surface area contributed by atoms with Crippen LogP contribution in [0.5, 0.6) is 0 Å². The second kappa shape index (κ2) is 10.3. The summed E-state index contributed by atoms with van der Waals surface area (Å²) in [6.45, 7) is 7.54. The van der Waals surface area contributed by atoms with Crippen molar-refractivity contribution in [1.29, 1.82) is 0 Å². The van der Waals surface area contributed by atoms with Gasteiger partial charge in [0.2, 0.25) is 11.8 Å². The molecular formula is C19H28BrN3O4. The number of halogens is 1. The van der Waals surface area contributed by atoms with Crippen molar-refractivity contribution in [3.8, 4) is 0 Å². The third kappa shape index (κ3) is 9.42. The molecule has 0 aromatic heterocycles. The van der Waals surface area contributed by atoms with Gasteiger partial charge in [-0.2, -0.15) is 0 Å². The molecule has 150 valence electrons. The molecule has 8 heteroatoms. The third-order valence-electron chi connectivity index (χ3n) is 3.50. The van der Waals surface area contributed by atoms with E-state index in [1.165, 1.54) is 4.90 Å². The van der Waals surface area contributed by atoms with E-state index < -0.39 is 11.7 Å². The van der Waals surface area contributed by atoms with Crippen molar-refractivity contribution < 1.29 is 19.1 Å². The second-order valence-corrected chi connectivity index (χ2v) is 8.21. The number of carbonyl (C=O) groups is 3. The summed E-state index contributed by atoms with van der Waals surface area (Å²) >= 11 is 3.38. The van der Waals surface area contributed by atoms with Gasteiger partial charge in [0.25, 0.3) is 0 Å². The number of benzene rings is 1. The smallest absolute Gasteiger partial charge is 0.407 e. The van der Waals surface area contributed by atoms with Gasteiger partial charge in [-0.1, -0.05) is 15.9 Å². The quantitative estimate of drug-likeness (QED) is 0.634. The van der Waals surface area contributed by atoms with Gasteiger partial charge in [-0.05, 0) is 57.9 Å². The van der Waals surface area contributed by atoms with Crippen LogP contribution in [0.15, 0.2) is 22.7 Å². The number of amides is 3. The Kier molecular flexibility index (Phi) is 8.75. The molecule has 1 aromatic rings. The van der Waals surface area contributed by atoms with E-state index in [4.69, 9.17) is 4.74 Å². The monoisotopic (exact) mass is 441 g/mol. The molecule has 0 spiro atoms. The van der Waals surface area contributed by atoms with Crippen LogP contribution >= 0.6 is 15.9 Å². The molecule has 1 aromatic carbocycles. The fourth-order valence-corrected chi connectivity index (χ4v) is 2.67. The SMILES string of the molecule is Cc1cc(Br)ccc1NC(=O)CN(C)C(=O)CCCNC(=O)OC(C)(C)C. The Labute approximate surface area is 169 Å². The zero-order chi connectivity index (χ0) is 20.6. The molecule has 3 amide bonds. The fourth-order valence-electron chi connectivity index (χ4n) is 2.20. The van der Waals surface area contributed by atoms with Gasteiger partial charge in [-0.15, -0.1) is 0 Å². The summed E-state index contributed by atoms with van der Waals surface area (Å²) in [6.07, 6.45) is 0.194. The van der Waals surface area contributed by atoms with E-state index in [2.05, 4.69) is 26.6 Å². The summed E-state index contributed by atoms with van der Waals surface area (Å²) in [5.74, 6) is -0.424. The predicted molar refractivity (Wildman–Crippen MR) is 109 cm³/mol. The average Bonchev–Trinajstić information content (AvgIpc) is 2.52. The van der Waals surface area contributed by atoms with Crippen molar-refractivity contribution >= 4 is 39.5 Å². The lowest BCUT2D eigenvalue weighted by Gasteiger charge is -2.20. The largest absolute Gasteiger partial charge is 0.444 e. The van der Waals surface area contributed by atoms with Crippen LogP contribution < -0.4 is 10.6 Å². The van der Waals surface area contributed by atoms with Crippen LogP contribution in [0.2, 0.25) is 0 Å². The van der Waals surface area contributed by atoms with Crippen molar-refractivity contribution in [3.63, 3.8) is 0 Å². The summed E-state index contributed by atoms with van der Waals surface area (Å²) in [4.78, 5) is 37.1. The van der Waals surface area contributed by atoms with E-state index in [0.717, 1.165) is 10.0 Å². The molecule has 0 aliphatic carbocycles. The molecule has 0 saturated carbocycles. The Hall–Kier alpha value is -2.09. The van der Waals surface area contributed by atoms with E-state index in [0.29, 0.717) is 18.7 Å². The first-order chi connectivity index (χ1) is 12.5. The molecule has 0 aliphatic heterocycles. The van der Waals surface area contributed by atoms with Crippen LogP contribution in [-0.2, 0) is 14.3 Å². The van der Waals surface area contributed by atoms with Gasteiger partial charge < -0.3 is 20.3 Å². The highest BCUT2D eigenvalue weighted by Crippen LogP contribution is 2.19. The molecule has 0 unspecified atom stereocenters. The minimum Gasteiger partial charge on any atom is -0.444 e. The van der Waals surface area contributed by atoms with Crippen molar-refractivity contribution in [2.75, 3.05) is 25.5 Å². The van der Waals surface area contributed by atoms with Gasteiger partial charge >= 0.3 is 6.09 Å². The molecule has 27 heavy (non-hydrogen) atoms. The number of hydrogen-bond acceptors (Lipinski definition) is 4. The van der Waals surface area contributed by atoms with Gasteiger partial charge in [0, 0.05) is 30.2 Å². The van der Waals surface area contributed by atoms with Crippen molar-refractivity contribution in [3.05, 3.63) is 28.2 Å². The minimum absolute atomic E-state index is 0.0339. The van der Waals surface area contributed by atoms with Gasteiger partial charge in [0.1, 0.15) is 5.60 Å².